The van der Waals surface area contributed by atoms with Gasteiger partial charge in [-0.05, 0) is 35.6 Å². The molecule has 0 bridgehead atoms. The summed E-state index contributed by atoms with van der Waals surface area (Å²) in [6.45, 7) is 1.92. The van der Waals surface area contributed by atoms with Gasteiger partial charge in [0.2, 0.25) is 11.8 Å². The molecule has 2 aromatic rings. The van der Waals surface area contributed by atoms with Crippen LogP contribution in [-0.4, -0.2) is 64.0 Å². The van der Waals surface area contributed by atoms with Crippen molar-refractivity contribution in [3.8, 4) is 6.07 Å². The lowest BCUT2D eigenvalue weighted by Gasteiger charge is -2.35. The molecule has 3 atom stereocenters. The maximum absolute atomic E-state index is 14.2. The Bertz CT molecular complexity index is 1390. The number of likely N-dealkylation sites (N-methyl/N-ethyl adjacent to an activating group) is 1. The molecule has 37 heavy (non-hydrogen) atoms. The molecule has 1 spiro atoms. The summed E-state index contributed by atoms with van der Waals surface area (Å²) in [7, 11) is 0. The molecule has 0 unspecified atom stereocenters. The molecule has 3 heterocycles. The topological polar surface area (TPSA) is 136 Å². The second-order valence-electron chi connectivity index (χ2n) is 10.5. The van der Waals surface area contributed by atoms with Crippen molar-refractivity contribution in [3.05, 3.63) is 54.2 Å². The Morgan fingerprint density at radius 1 is 1.30 bits per heavy atom. The van der Waals surface area contributed by atoms with E-state index in [1.165, 1.54) is 17.2 Å². The van der Waals surface area contributed by atoms with Crippen LogP contribution in [0.5, 0.6) is 0 Å². The van der Waals surface area contributed by atoms with Gasteiger partial charge in [-0.1, -0.05) is 45.0 Å². The minimum absolute atomic E-state index is 0.00218. The molecule has 1 aromatic heterocycles. The molecule has 4 amide bonds. The van der Waals surface area contributed by atoms with Crippen LogP contribution >= 0.6 is 0 Å². The van der Waals surface area contributed by atoms with Gasteiger partial charge >= 0.3 is 11.8 Å². The Balaban J connectivity index is 1.72. The Morgan fingerprint density at radius 3 is 2.68 bits per heavy atom. The highest BCUT2D eigenvalue weighted by Gasteiger charge is 2.57. The maximum Gasteiger partial charge on any atom is 0.315 e. The van der Waals surface area contributed by atoms with Crippen LogP contribution in [0, 0.1) is 16.7 Å². The molecule has 0 aliphatic carbocycles. The van der Waals surface area contributed by atoms with E-state index in [-0.39, 0.29) is 31.1 Å². The lowest BCUT2D eigenvalue weighted by Crippen LogP contribution is -2.54. The van der Waals surface area contributed by atoms with Crippen molar-refractivity contribution in [3.63, 3.8) is 0 Å². The molecule has 192 valence electrons. The normalized spacial score (nSPS) is 22.6. The van der Waals surface area contributed by atoms with E-state index < -0.39 is 47.6 Å². The molecule has 2 aliphatic rings. The molecule has 1 aromatic carbocycles. The summed E-state index contributed by atoms with van der Waals surface area (Å²) in [5.41, 5.74) is -0.653. The minimum atomic E-state index is -3.18. The quantitative estimate of drug-likeness (QED) is 0.612. The fourth-order valence-corrected chi connectivity index (χ4v) is 4.90. The van der Waals surface area contributed by atoms with Crippen LogP contribution in [0.3, 0.4) is 0 Å². The number of hydrogen-bond donors (Lipinski definition) is 2. The average Bonchev–Trinajstić information content (AvgIpc) is 3.40. The number of anilines is 2. The van der Waals surface area contributed by atoms with Gasteiger partial charge in [0, 0.05) is 35.9 Å². The Labute approximate surface area is 219 Å². The van der Waals surface area contributed by atoms with Crippen molar-refractivity contribution < 1.29 is 23.3 Å². The predicted molar refractivity (Wildman–Crippen MR) is 136 cm³/mol. The number of rotatable bonds is 4. The second-order valence-corrected chi connectivity index (χ2v) is 10.5. The average molecular weight is 506 g/mol. The molecular formula is C27H30N6O4. The number of nitrogens with one attached hydrogen (secondary N) is 2. The van der Waals surface area contributed by atoms with Crippen LogP contribution < -0.4 is 10.6 Å². The second kappa shape index (κ2) is 9.65. The molecule has 1 fully saturated rings. The molecule has 10 heteroatoms. The summed E-state index contributed by atoms with van der Waals surface area (Å²) in [5.74, 6) is -3.89. The number of carbonyl (C=O) groups is 4. The first-order valence-electron chi connectivity index (χ1n) is 13.3. The van der Waals surface area contributed by atoms with Crippen LogP contribution in [0.25, 0.3) is 0 Å². The van der Waals surface area contributed by atoms with Gasteiger partial charge in [0.15, 0.2) is 0 Å². The number of nitrogens with zero attached hydrogens (tertiary/aromatic N) is 4. The summed E-state index contributed by atoms with van der Waals surface area (Å²) in [6, 6.07) is 11.0. The van der Waals surface area contributed by atoms with Crippen molar-refractivity contribution in [1.29, 1.82) is 5.26 Å². The van der Waals surface area contributed by atoms with E-state index >= 15 is 0 Å². The zero-order chi connectivity index (χ0) is 29.5. The van der Waals surface area contributed by atoms with E-state index in [9.17, 15) is 24.4 Å². The van der Waals surface area contributed by atoms with Gasteiger partial charge in [-0.3, -0.25) is 19.2 Å². The first-order valence-corrected chi connectivity index (χ1v) is 11.8. The van der Waals surface area contributed by atoms with Gasteiger partial charge in [0.1, 0.15) is 17.9 Å². The number of hydrogen-bond acceptors (Lipinski definition) is 6. The van der Waals surface area contributed by atoms with Crippen LogP contribution in [0.15, 0.2) is 48.7 Å². The molecule has 2 N–H and O–H groups in total. The first-order chi connectivity index (χ1) is 18.7. The highest BCUT2D eigenvalue weighted by Crippen LogP contribution is 2.46. The highest BCUT2D eigenvalue weighted by molar-refractivity contribution is 6.39. The number of para-hydroxylation sites is 1. The van der Waals surface area contributed by atoms with Gasteiger partial charge in [0.05, 0.1) is 11.5 Å². The third-order valence-corrected chi connectivity index (χ3v) is 6.64. The van der Waals surface area contributed by atoms with Gasteiger partial charge in [-0.2, -0.15) is 5.26 Å². The Morgan fingerprint density at radius 2 is 2.03 bits per heavy atom. The van der Waals surface area contributed by atoms with Gasteiger partial charge in [-0.15, -0.1) is 0 Å². The minimum Gasteiger partial charge on any atom is -0.325 e. The lowest BCUT2D eigenvalue weighted by molar-refractivity contribution is -0.150. The molecule has 4 rings (SSSR count). The number of benzene rings is 1. The smallest absolute Gasteiger partial charge is 0.315 e. The van der Waals surface area contributed by atoms with Crippen molar-refractivity contribution in [1.82, 2.24) is 14.8 Å². The number of aromatic nitrogens is 1. The summed E-state index contributed by atoms with van der Waals surface area (Å²) >= 11 is 0. The van der Waals surface area contributed by atoms with Crippen LogP contribution in [-0.2, 0) is 24.6 Å². The highest BCUT2D eigenvalue weighted by atomic mass is 16.2. The molecule has 10 nitrogen and oxygen atoms in total. The summed E-state index contributed by atoms with van der Waals surface area (Å²) < 4.78 is 24.4. The molecule has 2 aliphatic heterocycles. The van der Waals surface area contributed by atoms with Crippen molar-refractivity contribution in [2.45, 2.75) is 51.1 Å². The number of amides is 4. The fourth-order valence-electron chi connectivity index (χ4n) is 4.90. The third kappa shape index (κ3) is 4.89. The van der Waals surface area contributed by atoms with E-state index in [0.29, 0.717) is 16.2 Å². The monoisotopic (exact) mass is 505 g/mol. The Hall–Kier alpha value is -4.26. The number of fused-ring (bicyclic) bond motifs is 2. The maximum atomic E-state index is 14.2. The predicted octanol–water partition coefficient (Wildman–Crippen LogP) is 2.30. The van der Waals surface area contributed by atoms with Crippen molar-refractivity contribution in [2.24, 2.45) is 5.41 Å². The number of nitriles is 1. The number of carbonyl (C=O) groups excluding carboxylic acids is 4. The zero-order valence-corrected chi connectivity index (χ0v) is 20.8. The largest absolute Gasteiger partial charge is 0.325 e. The van der Waals surface area contributed by atoms with Gasteiger partial charge < -0.3 is 20.4 Å². The van der Waals surface area contributed by atoms with E-state index in [2.05, 4.69) is 21.7 Å². The van der Waals surface area contributed by atoms with Gasteiger partial charge in [0.25, 0.3) is 0 Å². The van der Waals surface area contributed by atoms with Crippen LogP contribution in [0.4, 0.5) is 11.5 Å². The SMILES string of the molecule is [2H]C([2H])([2H])N(C(=O)C(=O)Nc1ccccn1)[C@@H](CC(C)(C)C)C(=O)N1C[C@]2(C[C@H]1C#N)C(=O)Nc1ccccc12. The fraction of sp³-hybridized carbons (Fsp3) is 0.407. The first kappa shape index (κ1) is 22.0. The molecule has 1 saturated heterocycles. The number of likely N-dealkylation sites (tertiary alicyclic amines) is 1. The molecular weight excluding hydrogens is 472 g/mol. The summed E-state index contributed by atoms with van der Waals surface area (Å²) in [6.07, 6.45) is 1.26. The zero-order valence-electron chi connectivity index (χ0n) is 23.8. The Kier molecular flexibility index (Phi) is 5.73. The lowest BCUT2D eigenvalue weighted by atomic mass is 9.80. The molecule has 0 saturated carbocycles. The van der Waals surface area contributed by atoms with Crippen LogP contribution in [0.2, 0.25) is 0 Å². The van der Waals surface area contributed by atoms with Gasteiger partial charge in [-0.25, -0.2) is 4.98 Å². The molecule has 0 radical (unpaired) electrons. The van der Waals surface area contributed by atoms with E-state index in [1.807, 2.05) is 0 Å². The van der Waals surface area contributed by atoms with E-state index in [4.69, 9.17) is 4.11 Å². The van der Waals surface area contributed by atoms with Crippen LogP contribution in [0.1, 0.15) is 43.3 Å². The van der Waals surface area contributed by atoms with Crippen molar-refractivity contribution in [2.75, 3.05) is 24.2 Å². The number of pyridine rings is 1. The summed E-state index contributed by atoms with van der Waals surface area (Å²) in [5, 5.41) is 15.1. The van der Waals surface area contributed by atoms with Crippen molar-refractivity contribution >= 4 is 35.1 Å². The van der Waals surface area contributed by atoms with E-state index in [0.717, 1.165) is 0 Å². The summed E-state index contributed by atoms with van der Waals surface area (Å²) in [4.78, 5) is 59.0. The standard InChI is InChI=1S/C27H30N6O4/c1-26(2,3)14-20(32(4)24(36)22(34)31-21-11-7-8-12-29-21)23(35)33-16-27(13-17(33)15-28)18-9-5-6-10-19(18)30-25(27)37/h5-12,17,20H,13-14,16H2,1-4H3,(H,30,37)(H,29,31,34)/t17-,20-,27-/m0/s1/i4D3. The third-order valence-electron chi connectivity index (χ3n) is 6.64. The van der Waals surface area contributed by atoms with E-state index in [1.54, 1.807) is 57.2 Å².